The predicted octanol–water partition coefficient (Wildman–Crippen LogP) is 3.26. The Morgan fingerprint density at radius 2 is 1.96 bits per heavy atom. The second-order valence-corrected chi connectivity index (χ2v) is 7.61. The van der Waals surface area contributed by atoms with Crippen molar-refractivity contribution in [3.05, 3.63) is 54.1 Å². The molecule has 3 N–H and O–H groups in total. The summed E-state index contributed by atoms with van der Waals surface area (Å²) >= 11 is 0. The zero-order valence-corrected chi connectivity index (χ0v) is 16.8. The highest BCUT2D eigenvalue weighted by Crippen LogP contribution is 2.41. The lowest BCUT2D eigenvalue weighted by Crippen LogP contribution is -2.33. The van der Waals surface area contributed by atoms with Crippen molar-refractivity contribution in [1.29, 1.82) is 0 Å². The largest absolute Gasteiger partial charge is 0.497 e. The van der Waals surface area contributed by atoms with Crippen molar-refractivity contribution in [2.75, 3.05) is 33.3 Å². The number of nitrogens with zero attached hydrogens (tertiary/aromatic N) is 1. The van der Waals surface area contributed by atoms with Gasteiger partial charge in [-0.15, -0.1) is 12.4 Å². The monoisotopic (exact) mass is 387 g/mol. The molecule has 3 atom stereocenters. The molecule has 3 unspecified atom stereocenters. The van der Waals surface area contributed by atoms with Gasteiger partial charge in [0.25, 0.3) is 0 Å². The highest BCUT2D eigenvalue weighted by molar-refractivity contribution is 5.85. The quantitative estimate of drug-likeness (QED) is 0.765. The van der Waals surface area contributed by atoms with Gasteiger partial charge in [0.05, 0.1) is 7.11 Å². The minimum absolute atomic E-state index is 0. The van der Waals surface area contributed by atoms with Crippen molar-refractivity contribution in [3.8, 4) is 16.9 Å². The van der Waals surface area contributed by atoms with Crippen LogP contribution in [0.4, 0.5) is 0 Å². The van der Waals surface area contributed by atoms with Crippen molar-refractivity contribution in [1.82, 2.24) is 10.2 Å². The zero-order chi connectivity index (χ0) is 17.9. The lowest BCUT2D eigenvalue weighted by Gasteiger charge is -2.15. The van der Waals surface area contributed by atoms with Crippen LogP contribution in [-0.2, 0) is 0 Å². The second kappa shape index (κ2) is 9.07. The Hall–Kier alpha value is -1.59. The number of hydrogen-bond donors (Lipinski definition) is 2. The van der Waals surface area contributed by atoms with Gasteiger partial charge in [-0.3, -0.25) is 0 Å². The second-order valence-electron chi connectivity index (χ2n) is 7.61. The van der Waals surface area contributed by atoms with Crippen molar-refractivity contribution < 1.29 is 4.74 Å². The lowest BCUT2D eigenvalue weighted by molar-refractivity contribution is 0.331. The van der Waals surface area contributed by atoms with E-state index < -0.39 is 0 Å². The van der Waals surface area contributed by atoms with Gasteiger partial charge in [-0.2, -0.15) is 0 Å². The number of likely N-dealkylation sites (tertiary alicyclic amines) is 1. The molecular formula is C22H30ClN3O. The average Bonchev–Trinajstić information content (AvgIpc) is 3.34. The molecule has 0 bridgehead atoms. The number of methoxy groups -OCH3 is 1. The van der Waals surface area contributed by atoms with Gasteiger partial charge in [-0.1, -0.05) is 36.4 Å². The molecule has 4 nitrogen and oxygen atoms in total. The van der Waals surface area contributed by atoms with Gasteiger partial charge in [0.1, 0.15) is 5.75 Å². The fourth-order valence-corrected chi connectivity index (χ4v) is 3.99. The highest BCUT2D eigenvalue weighted by atomic mass is 35.5. The summed E-state index contributed by atoms with van der Waals surface area (Å²) in [6, 6.07) is 18.3. The fourth-order valence-electron chi connectivity index (χ4n) is 3.99. The standard InChI is InChI=1S/C22H29N3O.ClH/c1-26-20-4-2-3-18(13-20)16-5-7-17(8-6-16)21-14-22(21)24-10-12-25-11-9-19(23)15-25;/h2-8,13,19,21-22,24H,9-12,14-15,23H2,1H3;1H. The number of halogens is 1. The van der Waals surface area contributed by atoms with Gasteiger partial charge >= 0.3 is 0 Å². The van der Waals surface area contributed by atoms with Crippen LogP contribution in [0.1, 0.15) is 24.3 Å². The molecule has 0 radical (unpaired) electrons. The summed E-state index contributed by atoms with van der Waals surface area (Å²) in [6.45, 7) is 4.39. The number of nitrogens with two attached hydrogens (primary N) is 1. The van der Waals surface area contributed by atoms with E-state index in [-0.39, 0.29) is 12.4 Å². The van der Waals surface area contributed by atoms with E-state index in [1.807, 2.05) is 12.1 Å². The predicted molar refractivity (Wildman–Crippen MR) is 114 cm³/mol. The summed E-state index contributed by atoms with van der Waals surface area (Å²) in [5.41, 5.74) is 9.85. The molecule has 1 heterocycles. The van der Waals surface area contributed by atoms with Crippen LogP contribution in [0, 0.1) is 0 Å². The van der Waals surface area contributed by atoms with E-state index in [2.05, 4.69) is 46.6 Å². The highest BCUT2D eigenvalue weighted by Gasteiger charge is 2.37. The van der Waals surface area contributed by atoms with E-state index in [1.165, 1.54) is 23.1 Å². The summed E-state index contributed by atoms with van der Waals surface area (Å²) in [6.07, 6.45) is 2.39. The molecule has 0 spiro atoms. The Morgan fingerprint density at radius 3 is 2.67 bits per heavy atom. The Bertz CT molecular complexity index is 737. The summed E-state index contributed by atoms with van der Waals surface area (Å²) in [5, 5.41) is 3.71. The number of benzene rings is 2. The molecule has 146 valence electrons. The minimum Gasteiger partial charge on any atom is -0.497 e. The molecule has 27 heavy (non-hydrogen) atoms. The number of rotatable bonds is 7. The first-order chi connectivity index (χ1) is 12.7. The van der Waals surface area contributed by atoms with Crippen LogP contribution in [0.5, 0.6) is 5.75 Å². The van der Waals surface area contributed by atoms with Crippen LogP contribution in [0.25, 0.3) is 11.1 Å². The van der Waals surface area contributed by atoms with E-state index >= 15 is 0 Å². The summed E-state index contributed by atoms with van der Waals surface area (Å²) in [5.74, 6) is 1.56. The van der Waals surface area contributed by atoms with E-state index in [0.717, 1.165) is 38.3 Å². The topological polar surface area (TPSA) is 50.5 Å². The van der Waals surface area contributed by atoms with Crippen LogP contribution in [-0.4, -0.2) is 50.3 Å². The molecule has 2 aliphatic rings. The third kappa shape index (κ3) is 5.02. The number of nitrogens with one attached hydrogen (secondary N) is 1. The molecule has 2 fully saturated rings. The maximum absolute atomic E-state index is 5.97. The number of hydrogen-bond acceptors (Lipinski definition) is 4. The molecule has 0 aromatic heterocycles. The van der Waals surface area contributed by atoms with Crippen LogP contribution in [0.15, 0.2) is 48.5 Å². The Labute approximate surface area is 168 Å². The van der Waals surface area contributed by atoms with Gasteiger partial charge in [0, 0.05) is 37.6 Å². The third-order valence-electron chi connectivity index (χ3n) is 5.68. The average molecular weight is 388 g/mol. The molecule has 0 amide bonds. The molecule has 2 aromatic rings. The first kappa shape index (κ1) is 20.2. The first-order valence-electron chi connectivity index (χ1n) is 9.68. The molecule has 5 heteroatoms. The maximum atomic E-state index is 5.97. The zero-order valence-electron chi connectivity index (χ0n) is 15.9. The Kier molecular flexibility index (Phi) is 6.77. The summed E-state index contributed by atoms with van der Waals surface area (Å²) in [7, 11) is 1.71. The van der Waals surface area contributed by atoms with E-state index in [4.69, 9.17) is 10.5 Å². The van der Waals surface area contributed by atoms with Crippen LogP contribution < -0.4 is 15.8 Å². The Morgan fingerprint density at radius 1 is 1.15 bits per heavy atom. The van der Waals surface area contributed by atoms with Crippen molar-refractivity contribution in [2.45, 2.75) is 30.8 Å². The molecule has 1 saturated heterocycles. The van der Waals surface area contributed by atoms with Crippen LogP contribution in [0.2, 0.25) is 0 Å². The normalized spacial score (nSPS) is 24.4. The van der Waals surface area contributed by atoms with Crippen molar-refractivity contribution in [2.24, 2.45) is 5.73 Å². The van der Waals surface area contributed by atoms with E-state index in [1.54, 1.807) is 7.11 Å². The maximum Gasteiger partial charge on any atom is 0.119 e. The molecule has 1 aliphatic heterocycles. The van der Waals surface area contributed by atoms with Crippen molar-refractivity contribution in [3.63, 3.8) is 0 Å². The summed E-state index contributed by atoms with van der Waals surface area (Å²) in [4.78, 5) is 2.47. The fraction of sp³-hybridized carbons (Fsp3) is 0.455. The van der Waals surface area contributed by atoms with Gasteiger partial charge in [0.2, 0.25) is 0 Å². The van der Waals surface area contributed by atoms with Gasteiger partial charge in [-0.05, 0) is 48.2 Å². The van der Waals surface area contributed by atoms with Crippen molar-refractivity contribution >= 4 is 12.4 Å². The van der Waals surface area contributed by atoms with Gasteiger partial charge in [-0.25, -0.2) is 0 Å². The molecule has 4 rings (SSSR count). The number of ether oxygens (including phenoxy) is 1. The Balaban J connectivity index is 0.00000210. The van der Waals surface area contributed by atoms with Crippen LogP contribution >= 0.6 is 12.4 Å². The SMILES string of the molecule is COc1cccc(-c2ccc(C3CC3NCCN3CCC(N)C3)cc2)c1.Cl. The first-order valence-corrected chi connectivity index (χ1v) is 9.68. The lowest BCUT2D eigenvalue weighted by atomic mass is 10.0. The minimum atomic E-state index is 0. The van der Waals surface area contributed by atoms with E-state index in [0.29, 0.717) is 18.0 Å². The summed E-state index contributed by atoms with van der Waals surface area (Å²) < 4.78 is 5.32. The van der Waals surface area contributed by atoms with Crippen LogP contribution in [0.3, 0.4) is 0 Å². The molecule has 1 aliphatic carbocycles. The van der Waals surface area contributed by atoms with Gasteiger partial charge in [0.15, 0.2) is 0 Å². The molecular weight excluding hydrogens is 358 g/mol. The van der Waals surface area contributed by atoms with Gasteiger partial charge < -0.3 is 20.7 Å². The smallest absolute Gasteiger partial charge is 0.119 e. The third-order valence-corrected chi connectivity index (χ3v) is 5.68. The molecule has 2 aromatic carbocycles. The molecule has 1 saturated carbocycles. The van der Waals surface area contributed by atoms with E-state index in [9.17, 15) is 0 Å².